The molecule has 8 heteroatoms. The summed E-state index contributed by atoms with van der Waals surface area (Å²) in [6, 6.07) is 7.13. The fourth-order valence-electron chi connectivity index (χ4n) is 2.34. The summed E-state index contributed by atoms with van der Waals surface area (Å²) < 4.78 is 5.13. The van der Waals surface area contributed by atoms with Gasteiger partial charge in [-0.2, -0.15) is 0 Å². The first-order valence-electron chi connectivity index (χ1n) is 7.54. The number of ether oxygens (including phenoxy) is 1. The van der Waals surface area contributed by atoms with Crippen molar-refractivity contribution in [3.63, 3.8) is 0 Å². The van der Waals surface area contributed by atoms with Gasteiger partial charge in [-0.05, 0) is 31.5 Å². The van der Waals surface area contributed by atoms with Gasteiger partial charge in [0.1, 0.15) is 10.6 Å². The van der Waals surface area contributed by atoms with Crippen LogP contribution in [0.2, 0.25) is 0 Å². The lowest BCUT2D eigenvalue weighted by Gasteiger charge is -2.06. The molecule has 2 N–H and O–H groups in total. The van der Waals surface area contributed by atoms with E-state index in [0.29, 0.717) is 26.8 Å². The zero-order valence-electron chi connectivity index (χ0n) is 14.0. The Hall–Kier alpha value is -2.32. The van der Waals surface area contributed by atoms with E-state index in [1.807, 2.05) is 13.8 Å². The highest BCUT2D eigenvalue weighted by Crippen LogP contribution is 2.27. The van der Waals surface area contributed by atoms with Crippen LogP contribution < -0.4 is 15.6 Å². The van der Waals surface area contributed by atoms with E-state index < -0.39 is 0 Å². The predicted molar refractivity (Wildman–Crippen MR) is 102 cm³/mol. The van der Waals surface area contributed by atoms with Crippen LogP contribution in [0.15, 0.2) is 34.2 Å². The summed E-state index contributed by atoms with van der Waals surface area (Å²) in [5.41, 5.74) is 1.45. The van der Waals surface area contributed by atoms with Gasteiger partial charge in [-0.15, -0.1) is 11.3 Å². The number of rotatable bonds is 5. The molecule has 0 aliphatic rings. The van der Waals surface area contributed by atoms with Crippen molar-refractivity contribution in [1.29, 1.82) is 0 Å². The van der Waals surface area contributed by atoms with Crippen molar-refractivity contribution >= 4 is 44.9 Å². The summed E-state index contributed by atoms with van der Waals surface area (Å²) in [5, 5.41) is 3.87. The van der Waals surface area contributed by atoms with Crippen LogP contribution in [0.1, 0.15) is 10.4 Å². The normalized spacial score (nSPS) is 10.8. The number of nitrogens with zero attached hydrogens (tertiary/aromatic N) is 1. The monoisotopic (exact) mass is 375 g/mol. The van der Waals surface area contributed by atoms with Crippen molar-refractivity contribution in [2.45, 2.75) is 19.0 Å². The summed E-state index contributed by atoms with van der Waals surface area (Å²) in [6.07, 6.45) is 0. The third kappa shape index (κ3) is 3.85. The molecule has 2 aromatic heterocycles. The van der Waals surface area contributed by atoms with Crippen molar-refractivity contribution in [1.82, 2.24) is 9.97 Å². The van der Waals surface area contributed by atoms with Gasteiger partial charge in [0.25, 0.3) is 5.56 Å². The summed E-state index contributed by atoms with van der Waals surface area (Å²) >= 11 is 2.69. The number of nitrogens with one attached hydrogen (secondary N) is 2. The molecule has 0 bridgehead atoms. The van der Waals surface area contributed by atoms with Crippen LogP contribution in [0, 0.1) is 13.8 Å². The minimum absolute atomic E-state index is 0.148. The van der Waals surface area contributed by atoms with Crippen LogP contribution in [-0.2, 0) is 4.79 Å². The topological polar surface area (TPSA) is 84.1 Å². The van der Waals surface area contributed by atoms with Crippen LogP contribution in [0.3, 0.4) is 0 Å². The molecular formula is C17H17N3O3S2. The number of carbonyl (C=O) groups is 1. The second-order valence-electron chi connectivity index (χ2n) is 5.40. The van der Waals surface area contributed by atoms with Crippen LogP contribution in [0.4, 0.5) is 5.69 Å². The van der Waals surface area contributed by atoms with Gasteiger partial charge in [-0.1, -0.05) is 17.8 Å². The number of methoxy groups -OCH3 is 1. The molecule has 6 nitrogen and oxygen atoms in total. The van der Waals surface area contributed by atoms with Crippen molar-refractivity contribution in [3.05, 3.63) is 45.1 Å². The molecule has 0 spiro atoms. The number of amides is 1. The van der Waals surface area contributed by atoms with Crippen LogP contribution in [0.5, 0.6) is 5.75 Å². The van der Waals surface area contributed by atoms with E-state index in [2.05, 4.69) is 15.3 Å². The first-order valence-corrected chi connectivity index (χ1v) is 9.35. The Morgan fingerprint density at radius 2 is 2.20 bits per heavy atom. The molecule has 0 aliphatic heterocycles. The predicted octanol–water partition coefficient (Wildman–Crippen LogP) is 3.34. The summed E-state index contributed by atoms with van der Waals surface area (Å²) in [7, 11) is 1.57. The van der Waals surface area contributed by atoms with Gasteiger partial charge in [0, 0.05) is 16.6 Å². The standard InChI is InChI=1S/C17H17N3O3S2/c1-9-10(2)25-16-14(9)15(22)19-17(20-16)24-8-13(21)18-11-5-4-6-12(7-11)23-3/h4-7H,8H2,1-3H3,(H,18,21)(H,19,20,22). The number of aryl methyl sites for hydroxylation is 2. The van der Waals surface area contributed by atoms with Crippen molar-refractivity contribution < 1.29 is 9.53 Å². The zero-order valence-corrected chi connectivity index (χ0v) is 15.6. The Morgan fingerprint density at radius 3 is 2.96 bits per heavy atom. The highest BCUT2D eigenvalue weighted by Gasteiger charge is 2.13. The van der Waals surface area contributed by atoms with Gasteiger partial charge in [0.2, 0.25) is 5.91 Å². The molecule has 0 unspecified atom stereocenters. The molecule has 3 aromatic rings. The highest BCUT2D eigenvalue weighted by molar-refractivity contribution is 7.99. The number of thiophene rings is 1. The maximum absolute atomic E-state index is 12.2. The highest BCUT2D eigenvalue weighted by atomic mass is 32.2. The van der Waals surface area contributed by atoms with E-state index in [1.165, 1.54) is 23.1 Å². The summed E-state index contributed by atoms with van der Waals surface area (Å²) in [4.78, 5) is 33.3. The number of benzene rings is 1. The van der Waals surface area contributed by atoms with E-state index in [1.54, 1.807) is 31.4 Å². The molecular weight excluding hydrogens is 358 g/mol. The van der Waals surface area contributed by atoms with E-state index >= 15 is 0 Å². The molecule has 1 aromatic carbocycles. The molecule has 0 saturated heterocycles. The van der Waals surface area contributed by atoms with E-state index in [4.69, 9.17) is 4.74 Å². The lowest BCUT2D eigenvalue weighted by atomic mass is 10.2. The van der Waals surface area contributed by atoms with Crippen LogP contribution in [-0.4, -0.2) is 28.7 Å². The molecule has 25 heavy (non-hydrogen) atoms. The van der Waals surface area contributed by atoms with Crippen molar-refractivity contribution in [3.8, 4) is 5.75 Å². The van der Waals surface area contributed by atoms with Crippen molar-refractivity contribution in [2.75, 3.05) is 18.2 Å². The lowest BCUT2D eigenvalue weighted by Crippen LogP contribution is -2.15. The Kier molecular flexibility index (Phi) is 5.10. The first-order chi connectivity index (χ1) is 12.0. The smallest absolute Gasteiger partial charge is 0.260 e. The van der Waals surface area contributed by atoms with Gasteiger partial charge in [0.15, 0.2) is 5.16 Å². The number of hydrogen-bond donors (Lipinski definition) is 2. The Bertz CT molecular complexity index is 994. The van der Waals surface area contributed by atoms with Crippen molar-refractivity contribution in [2.24, 2.45) is 0 Å². The van der Waals surface area contributed by atoms with Gasteiger partial charge >= 0.3 is 0 Å². The molecule has 0 aliphatic carbocycles. The maximum Gasteiger partial charge on any atom is 0.260 e. The zero-order chi connectivity index (χ0) is 18.0. The van der Waals surface area contributed by atoms with Gasteiger partial charge < -0.3 is 15.0 Å². The maximum atomic E-state index is 12.2. The van der Waals surface area contributed by atoms with E-state index in [0.717, 1.165) is 10.4 Å². The molecule has 0 radical (unpaired) electrons. The molecule has 0 fully saturated rings. The molecule has 0 saturated carbocycles. The average Bonchev–Trinajstić information content (AvgIpc) is 2.88. The van der Waals surface area contributed by atoms with E-state index in [-0.39, 0.29) is 17.2 Å². The number of aromatic amines is 1. The SMILES string of the molecule is COc1cccc(NC(=O)CSc2nc3sc(C)c(C)c3c(=O)[nH]2)c1. The lowest BCUT2D eigenvalue weighted by molar-refractivity contribution is -0.113. The Balaban J connectivity index is 1.69. The molecule has 2 heterocycles. The Labute approximate surface area is 152 Å². The first kappa shape index (κ1) is 17.5. The third-order valence-corrected chi connectivity index (χ3v) is 5.69. The molecule has 130 valence electrons. The minimum Gasteiger partial charge on any atom is -0.497 e. The molecule has 1 amide bonds. The number of fused-ring (bicyclic) bond motifs is 1. The number of anilines is 1. The fraction of sp³-hybridized carbons (Fsp3) is 0.235. The van der Waals surface area contributed by atoms with Gasteiger partial charge in [-0.25, -0.2) is 4.98 Å². The number of H-pyrrole nitrogens is 1. The summed E-state index contributed by atoms with van der Waals surface area (Å²) in [6.45, 7) is 3.88. The quantitative estimate of drug-likeness (QED) is 0.528. The largest absolute Gasteiger partial charge is 0.497 e. The average molecular weight is 375 g/mol. The second kappa shape index (κ2) is 7.28. The summed E-state index contributed by atoms with van der Waals surface area (Å²) in [5.74, 6) is 0.638. The van der Waals surface area contributed by atoms with Gasteiger partial charge in [0.05, 0.1) is 18.2 Å². The van der Waals surface area contributed by atoms with E-state index in [9.17, 15) is 9.59 Å². The van der Waals surface area contributed by atoms with Gasteiger partial charge in [-0.3, -0.25) is 9.59 Å². The third-order valence-electron chi connectivity index (χ3n) is 3.71. The number of thioether (sulfide) groups is 1. The fourth-order valence-corrected chi connectivity index (χ4v) is 4.08. The molecule has 3 rings (SSSR count). The minimum atomic E-state index is -0.181. The Morgan fingerprint density at radius 1 is 1.40 bits per heavy atom. The number of aromatic nitrogens is 2. The van der Waals surface area contributed by atoms with Crippen LogP contribution >= 0.6 is 23.1 Å². The van der Waals surface area contributed by atoms with Crippen LogP contribution in [0.25, 0.3) is 10.2 Å². The molecule has 0 atom stereocenters. The number of hydrogen-bond acceptors (Lipinski definition) is 6. The second-order valence-corrected chi connectivity index (χ2v) is 7.57. The number of carbonyl (C=O) groups excluding carboxylic acids is 1.